The fraction of sp³-hybridized carbons (Fsp3) is 0.333. The Labute approximate surface area is 80.0 Å². The summed E-state index contributed by atoms with van der Waals surface area (Å²) < 4.78 is 5.30. The zero-order valence-electron chi connectivity index (χ0n) is 8.29. The number of ether oxygens (including phenoxy) is 1. The van der Waals surface area contributed by atoms with Crippen molar-refractivity contribution in [2.45, 2.75) is 19.8 Å². The van der Waals surface area contributed by atoms with Gasteiger partial charge >= 0.3 is 0 Å². The lowest BCUT2D eigenvalue weighted by atomic mass is 10.1. The molecular weight excluding hydrogens is 160 g/mol. The lowest BCUT2D eigenvalue weighted by Gasteiger charge is -2.05. The second-order valence-electron chi connectivity index (χ2n) is 2.93. The van der Waals surface area contributed by atoms with Gasteiger partial charge in [-0.15, -0.1) is 0 Å². The summed E-state index contributed by atoms with van der Waals surface area (Å²) in [4.78, 5) is 0. The first-order valence-electron chi connectivity index (χ1n) is 4.68. The minimum atomic E-state index is 0.974. The first-order valence-corrected chi connectivity index (χ1v) is 4.68. The summed E-state index contributed by atoms with van der Waals surface area (Å²) >= 11 is 0. The molecule has 0 aliphatic rings. The van der Waals surface area contributed by atoms with Crippen LogP contribution >= 0.6 is 0 Å². The van der Waals surface area contributed by atoms with Crippen LogP contribution in [0.15, 0.2) is 36.4 Å². The molecule has 0 atom stereocenters. The van der Waals surface area contributed by atoms with E-state index >= 15 is 0 Å². The molecule has 0 radical (unpaired) electrons. The highest BCUT2D eigenvalue weighted by atomic mass is 16.5. The molecule has 0 aliphatic carbocycles. The van der Waals surface area contributed by atoms with Gasteiger partial charge in [-0.1, -0.05) is 43.7 Å². The molecule has 0 unspecified atom stereocenters. The molecule has 0 saturated heterocycles. The summed E-state index contributed by atoms with van der Waals surface area (Å²) in [6.45, 7) is 2.16. The number of hydrogen-bond acceptors (Lipinski definition) is 1. The number of allylic oxidation sites excluding steroid dienone is 1. The van der Waals surface area contributed by atoms with Crippen molar-refractivity contribution < 1.29 is 4.74 Å². The van der Waals surface area contributed by atoms with E-state index in [1.165, 1.54) is 0 Å². The second-order valence-corrected chi connectivity index (χ2v) is 2.93. The van der Waals surface area contributed by atoms with Gasteiger partial charge in [0.15, 0.2) is 0 Å². The van der Waals surface area contributed by atoms with Gasteiger partial charge in [-0.25, -0.2) is 0 Å². The maximum atomic E-state index is 5.30. The zero-order valence-corrected chi connectivity index (χ0v) is 8.29. The third kappa shape index (κ3) is 2.94. The van der Waals surface area contributed by atoms with Gasteiger partial charge in [0.25, 0.3) is 0 Å². The fourth-order valence-electron chi connectivity index (χ4n) is 1.20. The van der Waals surface area contributed by atoms with Crippen LogP contribution in [0, 0.1) is 0 Å². The number of rotatable bonds is 4. The maximum absolute atomic E-state index is 5.30. The molecule has 0 saturated carbocycles. The van der Waals surface area contributed by atoms with E-state index in [9.17, 15) is 0 Å². The topological polar surface area (TPSA) is 9.23 Å². The van der Waals surface area contributed by atoms with Crippen LogP contribution in [0.4, 0.5) is 0 Å². The lowest BCUT2D eigenvalue weighted by molar-refractivity contribution is 0.368. The second kappa shape index (κ2) is 5.41. The van der Waals surface area contributed by atoms with E-state index in [2.05, 4.69) is 25.1 Å². The summed E-state index contributed by atoms with van der Waals surface area (Å²) in [5.74, 6) is 0.974. The molecule has 1 rings (SSSR count). The molecule has 1 heteroatoms. The summed E-state index contributed by atoms with van der Waals surface area (Å²) in [6.07, 6.45) is 4.35. The number of methoxy groups -OCH3 is 1. The monoisotopic (exact) mass is 176 g/mol. The largest absolute Gasteiger partial charge is 0.496 e. The Morgan fingerprint density at radius 3 is 2.54 bits per heavy atom. The highest BCUT2D eigenvalue weighted by molar-refractivity contribution is 5.59. The SMILES string of the molecule is CCC/C=C(/OC)c1ccccc1. The van der Waals surface area contributed by atoms with Crippen molar-refractivity contribution in [2.75, 3.05) is 7.11 Å². The Hall–Kier alpha value is -1.24. The smallest absolute Gasteiger partial charge is 0.122 e. The van der Waals surface area contributed by atoms with Gasteiger partial charge in [0.1, 0.15) is 5.76 Å². The zero-order chi connectivity index (χ0) is 9.52. The molecule has 0 heterocycles. The third-order valence-corrected chi connectivity index (χ3v) is 1.90. The molecule has 1 aromatic carbocycles. The first kappa shape index (κ1) is 9.85. The van der Waals surface area contributed by atoms with Gasteiger partial charge in [0.05, 0.1) is 7.11 Å². The Bertz CT molecular complexity index is 262. The number of hydrogen-bond donors (Lipinski definition) is 0. The standard InChI is InChI=1S/C12H16O/c1-3-4-10-12(13-2)11-8-6-5-7-9-11/h5-10H,3-4H2,1-2H3/b12-10+. The Morgan fingerprint density at radius 1 is 1.31 bits per heavy atom. The molecule has 1 nitrogen and oxygen atoms in total. The lowest BCUT2D eigenvalue weighted by Crippen LogP contribution is -1.86. The summed E-state index contributed by atoms with van der Waals surface area (Å²) in [6, 6.07) is 10.2. The number of unbranched alkanes of at least 4 members (excludes halogenated alkanes) is 1. The molecule has 0 fully saturated rings. The van der Waals surface area contributed by atoms with Gasteiger partial charge in [-0.2, -0.15) is 0 Å². The van der Waals surface area contributed by atoms with Crippen LogP contribution in [-0.2, 0) is 4.74 Å². The van der Waals surface area contributed by atoms with E-state index in [4.69, 9.17) is 4.74 Å². The van der Waals surface area contributed by atoms with Gasteiger partial charge in [0.2, 0.25) is 0 Å². The van der Waals surface area contributed by atoms with Crippen molar-refractivity contribution in [3.8, 4) is 0 Å². The molecule has 0 bridgehead atoms. The van der Waals surface area contributed by atoms with Crippen LogP contribution in [0.2, 0.25) is 0 Å². The Kier molecular flexibility index (Phi) is 4.10. The highest BCUT2D eigenvalue weighted by Gasteiger charge is 1.97. The molecule has 0 aromatic heterocycles. The quantitative estimate of drug-likeness (QED) is 0.638. The van der Waals surface area contributed by atoms with E-state index in [0.717, 1.165) is 24.2 Å². The predicted octanol–water partition coefficient (Wildman–Crippen LogP) is 3.47. The van der Waals surface area contributed by atoms with Crippen LogP contribution in [-0.4, -0.2) is 7.11 Å². The fourth-order valence-corrected chi connectivity index (χ4v) is 1.20. The summed E-state index contributed by atoms with van der Waals surface area (Å²) in [5.41, 5.74) is 1.15. The third-order valence-electron chi connectivity index (χ3n) is 1.90. The van der Waals surface area contributed by atoms with Crippen molar-refractivity contribution in [3.63, 3.8) is 0 Å². The minimum Gasteiger partial charge on any atom is -0.496 e. The summed E-state index contributed by atoms with van der Waals surface area (Å²) in [7, 11) is 1.72. The van der Waals surface area contributed by atoms with Crippen LogP contribution in [0.25, 0.3) is 5.76 Å². The van der Waals surface area contributed by atoms with Crippen LogP contribution < -0.4 is 0 Å². The minimum absolute atomic E-state index is 0.974. The van der Waals surface area contributed by atoms with Crippen molar-refractivity contribution in [3.05, 3.63) is 42.0 Å². The molecule has 13 heavy (non-hydrogen) atoms. The van der Waals surface area contributed by atoms with Gasteiger partial charge in [-0.3, -0.25) is 0 Å². The average Bonchev–Trinajstić information content (AvgIpc) is 2.21. The van der Waals surface area contributed by atoms with Gasteiger partial charge in [0, 0.05) is 5.56 Å². The van der Waals surface area contributed by atoms with E-state index in [1.54, 1.807) is 7.11 Å². The Balaban J connectivity index is 2.78. The van der Waals surface area contributed by atoms with Crippen LogP contribution in [0.3, 0.4) is 0 Å². The van der Waals surface area contributed by atoms with Crippen molar-refractivity contribution in [1.82, 2.24) is 0 Å². The molecule has 70 valence electrons. The van der Waals surface area contributed by atoms with Crippen LogP contribution in [0.1, 0.15) is 25.3 Å². The van der Waals surface area contributed by atoms with Crippen molar-refractivity contribution in [1.29, 1.82) is 0 Å². The predicted molar refractivity (Wildman–Crippen MR) is 56.3 cm³/mol. The molecule has 0 spiro atoms. The molecule has 1 aromatic rings. The van der Waals surface area contributed by atoms with E-state index < -0.39 is 0 Å². The average molecular weight is 176 g/mol. The van der Waals surface area contributed by atoms with E-state index in [-0.39, 0.29) is 0 Å². The molecular formula is C12H16O. The molecule has 0 N–H and O–H groups in total. The Morgan fingerprint density at radius 2 is 2.00 bits per heavy atom. The maximum Gasteiger partial charge on any atom is 0.122 e. The summed E-state index contributed by atoms with van der Waals surface area (Å²) in [5, 5.41) is 0. The highest BCUT2D eigenvalue weighted by Crippen LogP contribution is 2.15. The first-order chi connectivity index (χ1) is 6.38. The van der Waals surface area contributed by atoms with Crippen LogP contribution in [0.5, 0.6) is 0 Å². The molecule has 0 aliphatic heterocycles. The van der Waals surface area contributed by atoms with Gasteiger partial charge < -0.3 is 4.74 Å². The van der Waals surface area contributed by atoms with Crippen molar-refractivity contribution in [2.24, 2.45) is 0 Å². The normalized spacial score (nSPS) is 11.4. The van der Waals surface area contributed by atoms with E-state index in [1.807, 2.05) is 18.2 Å². The van der Waals surface area contributed by atoms with Gasteiger partial charge in [-0.05, 0) is 12.5 Å². The van der Waals surface area contributed by atoms with E-state index in [0.29, 0.717) is 0 Å². The van der Waals surface area contributed by atoms with Crippen molar-refractivity contribution >= 4 is 5.76 Å². The number of benzene rings is 1. The molecule has 0 amide bonds.